The van der Waals surface area contributed by atoms with Gasteiger partial charge < -0.3 is 17.0 Å². The fourth-order valence-corrected chi connectivity index (χ4v) is 0.0913. The molecule has 1 amide bonds. The van der Waals surface area contributed by atoms with Gasteiger partial charge in [-0.3, -0.25) is 0 Å². The predicted molar refractivity (Wildman–Crippen MR) is 35.5 cm³/mol. The molecule has 9 heavy (non-hydrogen) atoms. The predicted octanol–water partition coefficient (Wildman–Crippen LogP) is 1.54. The Hall–Kier alpha value is 0.314. The van der Waals surface area contributed by atoms with Gasteiger partial charge in [0.25, 0.3) is 0 Å². The van der Waals surface area contributed by atoms with E-state index in [9.17, 15) is 4.79 Å². The third kappa shape index (κ3) is 17.8. The Balaban J connectivity index is -0.000000109. The van der Waals surface area contributed by atoms with Crippen molar-refractivity contribution in [2.75, 3.05) is 7.05 Å². The molecule has 0 saturated heterocycles. The minimum absolute atomic E-state index is 0. The van der Waals surface area contributed by atoms with Crippen LogP contribution in [-0.2, 0) is 37.5 Å². The molecule has 51 valence electrons. The zero-order chi connectivity index (χ0) is 6.99. The Labute approximate surface area is 82.0 Å². The van der Waals surface area contributed by atoms with Crippen molar-refractivity contribution >= 4 is 5.91 Å². The monoisotopic (exact) mass is 202 g/mol. The van der Waals surface area contributed by atoms with Crippen molar-refractivity contribution < 1.29 is 37.5 Å². The van der Waals surface area contributed by atoms with Gasteiger partial charge in [0.15, 0.2) is 0 Å². The molecule has 0 aromatic rings. The normalized spacial score (nSPS) is 5.22. The molecule has 0 rings (SSSR count). The molecule has 0 spiro atoms. The van der Waals surface area contributed by atoms with Gasteiger partial charge >= 0.3 is 0 Å². The quantitative estimate of drug-likeness (QED) is 0.468. The van der Waals surface area contributed by atoms with Crippen LogP contribution in [0.4, 0.5) is 0 Å². The summed E-state index contributed by atoms with van der Waals surface area (Å²) >= 11 is 0. The Morgan fingerprint density at radius 1 is 1.67 bits per heavy atom. The first kappa shape index (κ1) is 16.1. The van der Waals surface area contributed by atoms with Crippen molar-refractivity contribution in [3.8, 4) is 0 Å². The van der Waals surface area contributed by atoms with Crippen LogP contribution < -0.4 is 0 Å². The van der Waals surface area contributed by atoms with Crippen molar-refractivity contribution in [2.24, 2.45) is 0 Å². The average Bonchev–Trinajstić information content (AvgIpc) is 1.91. The number of amides is 1. The maximum atomic E-state index is 9.90. The molecule has 0 fully saturated rings. The Kier molecular flexibility index (Phi) is 28.3. The van der Waals surface area contributed by atoms with E-state index < -0.39 is 0 Å². The number of nitrogens with zero attached hydrogens (tertiary/aromatic N) is 1. The molecule has 0 bridgehead atoms. The van der Waals surface area contributed by atoms with Crippen molar-refractivity contribution in [1.29, 1.82) is 0 Å². The maximum Gasteiger partial charge on any atom is 0.0738 e. The Bertz CT molecular complexity index is 73.5. The van der Waals surface area contributed by atoms with Crippen LogP contribution >= 0.6 is 0 Å². The summed E-state index contributed by atoms with van der Waals surface area (Å²) in [5, 5.41) is 3.25. The molecule has 0 heterocycles. The molecule has 0 aliphatic heterocycles. The van der Waals surface area contributed by atoms with E-state index in [1.165, 1.54) is 13.1 Å². The van der Waals surface area contributed by atoms with Gasteiger partial charge in [0.05, 0.1) is 5.91 Å². The fourth-order valence-electron chi connectivity index (χ4n) is 0.0913. The average molecular weight is 202 g/mol. The molecule has 0 atom stereocenters. The molecule has 0 unspecified atom stereocenters. The number of carbonyl (C=O) groups is 1. The molecule has 0 aliphatic rings. The Morgan fingerprint density at radius 3 is 2.00 bits per heavy atom. The van der Waals surface area contributed by atoms with Crippen molar-refractivity contribution in [1.82, 2.24) is 0 Å². The van der Waals surface area contributed by atoms with Crippen LogP contribution in [-0.4, -0.2) is 13.0 Å². The summed E-state index contributed by atoms with van der Waals surface area (Å²) in [7, 11) is 1.43. The van der Waals surface area contributed by atoms with Crippen LogP contribution in [0.5, 0.6) is 0 Å². The topological polar surface area (TPSA) is 31.2 Å². The molecule has 1 radical (unpaired) electrons. The zero-order valence-corrected chi connectivity index (χ0v) is 8.76. The van der Waals surface area contributed by atoms with E-state index in [1.54, 1.807) is 6.92 Å². The van der Waals surface area contributed by atoms with E-state index in [4.69, 9.17) is 0 Å². The molecule has 0 saturated carbocycles. The molecule has 0 aliphatic carbocycles. The molecule has 0 aromatic carbocycles. The summed E-state index contributed by atoms with van der Waals surface area (Å²) in [5.41, 5.74) is 0. The second-order valence-corrected chi connectivity index (χ2v) is 0.766. The molecular formula is C6H11NOY-2. The van der Waals surface area contributed by atoms with E-state index in [1.807, 2.05) is 0 Å². The van der Waals surface area contributed by atoms with Gasteiger partial charge in [0.2, 0.25) is 0 Å². The van der Waals surface area contributed by atoms with E-state index in [2.05, 4.69) is 18.8 Å². The largest absolute Gasteiger partial charge is 0.652 e. The summed E-state index contributed by atoms with van der Waals surface area (Å²) in [6.45, 7) is 8.19. The van der Waals surface area contributed by atoms with Gasteiger partial charge in [0.1, 0.15) is 0 Å². The first-order valence-electron chi connectivity index (χ1n) is 2.28. The number of rotatable bonds is 1. The molecule has 2 nitrogen and oxygen atoms in total. The van der Waals surface area contributed by atoms with E-state index in [0.29, 0.717) is 0 Å². The van der Waals surface area contributed by atoms with Crippen LogP contribution in [0.3, 0.4) is 0 Å². The minimum atomic E-state index is -0.269. The van der Waals surface area contributed by atoms with Gasteiger partial charge in [-0.15, -0.1) is 7.05 Å². The standard InChI is InChI=1S/C4H7NO.C2H5.Y/c1-3-4(6)5-2;1-2;/h3H,1H2,2H3,(H,5,6);1H2,2H3;/q;-1;/p-1. The fraction of sp³-hybridized carbons (Fsp3) is 0.333. The molecule has 0 aromatic heterocycles. The SMILES string of the molecule is C=CC(=O)[N-]C.[CH2-]C.[Y]. The number of carbonyl (C=O) groups excluding carboxylic acids is 1. The van der Waals surface area contributed by atoms with Gasteiger partial charge in [-0.2, -0.15) is 6.92 Å². The van der Waals surface area contributed by atoms with Crippen molar-refractivity contribution in [2.45, 2.75) is 6.92 Å². The first-order valence-corrected chi connectivity index (χ1v) is 2.28. The van der Waals surface area contributed by atoms with Crippen molar-refractivity contribution in [3.05, 3.63) is 24.9 Å². The van der Waals surface area contributed by atoms with Crippen LogP contribution in [0.15, 0.2) is 12.7 Å². The maximum absolute atomic E-state index is 9.90. The van der Waals surface area contributed by atoms with Crippen LogP contribution in [0, 0.1) is 6.92 Å². The summed E-state index contributed by atoms with van der Waals surface area (Å²) < 4.78 is 0. The summed E-state index contributed by atoms with van der Waals surface area (Å²) in [5.74, 6) is -0.269. The zero-order valence-electron chi connectivity index (χ0n) is 5.92. The van der Waals surface area contributed by atoms with Gasteiger partial charge in [-0.25, -0.2) is 0 Å². The summed E-state index contributed by atoms with van der Waals surface area (Å²) in [6.07, 6.45) is 1.17. The summed E-state index contributed by atoms with van der Waals surface area (Å²) in [4.78, 5) is 9.90. The number of likely N-dealkylation sites (N-methyl/N-ethyl adjacent to an activating group) is 1. The number of hydrogen-bond donors (Lipinski definition) is 0. The van der Waals surface area contributed by atoms with Crippen LogP contribution in [0.1, 0.15) is 6.92 Å². The van der Waals surface area contributed by atoms with Gasteiger partial charge in [-0.1, -0.05) is 6.58 Å². The first-order chi connectivity index (χ1) is 3.81. The van der Waals surface area contributed by atoms with E-state index in [0.717, 1.165) is 0 Å². The second kappa shape index (κ2) is 15.7. The van der Waals surface area contributed by atoms with E-state index in [-0.39, 0.29) is 38.6 Å². The van der Waals surface area contributed by atoms with Crippen LogP contribution in [0.25, 0.3) is 5.32 Å². The van der Waals surface area contributed by atoms with Crippen molar-refractivity contribution in [3.63, 3.8) is 0 Å². The third-order valence-electron chi connectivity index (χ3n) is 0.395. The minimum Gasteiger partial charge on any atom is -0.652 e. The smallest absolute Gasteiger partial charge is 0.0738 e. The van der Waals surface area contributed by atoms with Gasteiger partial charge in [0, 0.05) is 32.7 Å². The Morgan fingerprint density at radius 2 is 2.00 bits per heavy atom. The molecular weight excluding hydrogens is 191 g/mol. The van der Waals surface area contributed by atoms with E-state index >= 15 is 0 Å². The second-order valence-electron chi connectivity index (χ2n) is 0.766. The molecule has 3 heteroatoms. The van der Waals surface area contributed by atoms with Gasteiger partial charge in [-0.05, 0) is 6.08 Å². The molecule has 0 N–H and O–H groups in total. The van der Waals surface area contributed by atoms with Crippen LogP contribution in [0.2, 0.25) is 0 Å². The number of hydrogen-bond acceptors (Lipinski definition) is 1. The third-order valence-corrected chi connectivity index (χ3v) is 0.395. The summed E-state index contributed by atoms with van der Waals surface area (Å²) in [6, 6.07) is 0.